The van der Waals surface area contributed by atoms with Crippen LogP contribution in [0, 0.1) is 11.8 Å². The Morgan fingerprint density at radius 3 is 2.50 bits per heavy atom. The maximum atomic E-state index is 11.9. The number of amides is 2. The summed E-state index contributed by atoms with van der Waals surface area (Å²) in [5.74, 6) is 1.20. The fourth-order valence-corrected chi connectivity index (χ4v) is 3.63. The third-order valence-electron chi connectivity index (χ3n) is 4.56. The predicted molar refractivity (Wildman–Crippen MR) is 98.9 cm³/mol. The van der Waals surface area contributed by atoms with Gasteiger partial charge in [-0.15, -0.1) is 0 Å². The Bertz CT molecular complexity index is 574. The summed E-state index contributed by atoms with van der Waals surface area (Å²) in [6.07, 6.45) is 1.94. The van der Waals surface area contributed by atoms with E-state index in [-0.39, 0.29) is 11.9 Å². The molecule has 0 saturated carbocycles. The second kappa shape index (κ2) is 8.53. The van der Waals surface area contributed by atoms with Crippen molar-refractivity contribution >= 4 is 23.6 Å². The highest BCUT2D eigenvalue weighted by Crippen LogP contribution is 2.26. The number of primary amides is 1. The van der Waals surface area contributed by atoms with Crippen molar-refractivity contribution in [3.8, 4) is 0 Å². The van der Waals surface area contributed by atoms with Crippen LogP contribution in [0.15, 0.2) is 24.3 Å². The van der Waals surface area contributed by atoms with Crippen LogP contribution in [-0.2, 0) is 11.3 Å². The number of carbonyl (C=O) groups excluding carboxylic acids is 2. The molecule has 2 rings (SSSR count). The van der Waals surface area contributed by atoms with Gasteiger partial charge in [0.25, 0.3) is 0 Å². The molecule has 1 aliphatic rings. The standard InChI is InChI=1S/C18H27N3O2S/c1-12(2)15-9-21(10-16(15)20-17(22)11-24-3)8-13-4-6-14(7-5-13)18(19)23/h4-7,12,15-16H,8-11H2,1-3H3,(H2,19,23)(H,20,22)/t15-,16+/m1/s1. The van der Waals surface area contributed by atoms with E-state index in [9.17, 15) is 9.59 Å². The summed E-state index contributed by atoms with van der Waals surface area (Å²) in [4.78, 5) is 25.5. The molecule has 0 aliphatic carbocycles. The molecule has 24 heavy (non-hydrogen) atoms. The molecule has 132 valence electrons. The fraction of sp³-hybridized carbons (Fsp3) is 0.556. The zero-order chi connectivity index (χ0) is 17.7. The number of nitrogens with zero attached hydrogens (tertiary/aromatic N) is 1. The number of carbonyl (C=O) groups is 2. The maximum Gasteiger partial charge on any atom is 0.248 e. The summed E-state index contributed by atoms with van der Waals surface area (Å²) >= 11 is 1.55. The van der Waals surface area contributed by atoms with E-state index in [2.05, 4.69) is 24.1 Å². The van der Waals surface area contributed by atoms with Gasteiger partial charge < -0.3 is 11.1 Å². The van der Waals surface area contributed by atoms with Crippen molar-refractivity contribution in [1.29, 1.82) is 0 Å². The first kappa shape index (κ1) is 18.8. The SMILES string of the molecule is CSCC(=O)N[C@H]1CN(Cc2ccc(C(N)=O)cc2)C[C@@H]1C(C)C. The minimum Gasteiger partial charge on any atom is -0.366 e. The summed E-state index contributed by atoms with van der Waals surface area (Å²) < 4.78 is 0. The fourth-order valence-electron chi connectivity index (χ4n) is 3.28. The molecule has 2 atom stereocenters. The van der Waals surface area contributed by atoms with Crippen molar-refractivity contribution < 1.29 is 9.59 Å². The highest BCUT2D eigenvalue weighted by molar-refractivity contribution is 7.99. The second-order valence-electron chi connectivity index (χ2n) is 6.77. The third-order valence-corrected chi connectivity index (χ3v) is 5.11. The van der Waals surface area contributed by atoms with Gasteiger partial charge in [0, 0.05) is 31.2 Å². The Morgan fingerprint density at radius 2 is 1.96 bits per heavy atom. The molecule has 1 aromatic carbocycles. The molecule has 1 saturated heterocycles. The van der Waals surface area contributed by atoms with E-state index >= 15 is 0 Å². The van der Waals surface area contributed by atoms with E-state index in [1.165, 1.54) is 0 Å². The van der Waals surface area contributed by atoms with Crippen LogP contribution < -0.4 is 11.1 Å². The number of rotatable bonds is 7. The molecule has 6 heteroatoms. The van der Waals surface area contributed by atoms with E-state index in [0.29, 0.717) is 23.2 Å². The van der Waals surface area contributed by atoms with Crippen LogP contribution in [0.1, 0.15) is 29.8 Å². The summed E-state index contributed by atoms with van der Waals surface area (Å²) in [5.41, 5.74) is 6.96. The lowest BCUT2D eigenvalue weighted by Crippen LogP contribution is -2.42. The van der Waals surface area contributed by atoms with Gasteiger partial charge in [-0.1, -0.05) is 26.0 Å². The van der Waals surface area contributed by atoms with Gasteiger partial charge in [0.2, 0.25) is 11.8 Å². The van der Waals surface area contributed by atoms with Crippen LogP contribution in [0.4, 0.5) is 0 Å². The molecule has 1 aromatic rings. The van der Waals surface area contributed by atoms with Crippen LogP contribution in [0.2, 0.25) is 0 Å². The van der Waals surface area contributed by atoms with Crippen LogP contribution in [-0.4, -0.2) is 47.9 Å². The zero-order valence-corrected chi connectivity index (χ0v) is 15.4. The first-order valence-electron chi connectivity index (χ1n) is 8.30. The highest BCUT2D eigenvalue weighted by atomic mass is 32.2. The van der Waals surface area contributed by atoms with E-state index < -0.39 is 5.91 Å². The molecule has 0 spiro atoms. The normalized spacial score (nSPS) is 21.2. The Kier molecular flexibility index (Phi) is 6.69. The van der Waals surface area contributed by atoms with Crippen molar-refractivity contribution in [1.82, 2.24) is 10.2 Å². The minimum absolute atomic E-state index is 0.116. The van der Waals surface area contributed by atoms with Gasteiger partial charge >= 0.3 is 0 Å². The quantitative estimate of drug-likeness (QED) is 0.786. The van der Waals surface area contributed by atoms with Crippen molar-refractivity contribution in [2.24, 2.45) is 17.6 Å². The van der Waals surface area contributed by atoms with Gasteiger partial charge in [0.05, 0.1) is 5.75 Å². The topological polar surface area (TPSA) is 75.4 Å². The Balaban J connectivity index is 1.98. The van der Waals surface area contributed by atoms with Gasteiger partial charge in [-0.2, -0.15) is 11.8 Å². The molecule has 0 unspecified atom stereocenters. The monoisotopic (exact) mass is 349 g/mol. The Labute approximate surface area is 148 Å². The van der Waals surface area contributed by atoms with E-state index in [1.807, 2.05) is 18.4 Å². The lowest BCUT2D eigenvalue weighted by Gasteiger charge is -2.22. The molecule has 1 aliphatic heterocycles. The van der Waals surface area contributed by atoms with Crippen LogP contribution in [0.25, 0.3) is 0 Å². The van der Waals surface area contributed by atoms with Gasteiger partial charge in [-0.3, -0.25) is 14.5 Å². The smallest absolute Gasteiger partial charge is 0.248 e. The third kappa shape index (κ3) is 4.98. The average Bonchev–Trinajstić information content (AvgIpc) is 2.90. The lowest BCUT2D eigenvalue weighted by molar-refractivity contribution is -0.119. The van der Waals surface area contributed by atoms with Crippen molar-refractivity contribution in [3.63, 3.8) is 0 Å². The number of nitrogens with one attached hydrogen (secondary N) is 1. The number of nitrogens with two attached hydrogens (primary N) is 1. The van der Waals surface area contributed by atoms with Crippen LogP contribution in [0.3, 0.4) is 0 Å². The summed E-state index contributed by atoms with van der Waals surface area (Å²) in [6.45, 7) is 7.07. The first-order chi connectivity index (χ1) is 11.4. The lowest BCUT2D eigenvalue weighted by atomic mass is 9.91. The predicted octanol–water partition coefficient (Wildman–Crippen LogP) is 1.72. The molecule has 2 amide bonds. The summed E-state index contributed by atoms with van der Waals surface area (Å²) in [6, 6.07) is 7.64. The van der Waals surface area contributed by atoms with Gasteiger partial charge in [0.1, 0.15) is 0 Å². The zero-order valence-electron chi connectivity index (χ0n) is 14.6. The summed E-state index contributed by atoms with van der Waals surface area (Å²) in [7, 11) is 0. The molecule has 1 heterocycles. The van der Waals surface area contributed by atoms with E-state index in [0.717, 1.165) is 25.2 Å². The average molecular weight is 350 g/mol. The molecule has 5 nitrogen and oxygen atoms in total. The molecular formula is C18H27N3O2S. The second-order valence-corrected chi connectivity index (χ2v) is 7.64. The molecule has 1 fully saturated rings. The molecule has 0 aromatic heterocycles. The minimum atomic E-state index is -0.404. The number of hydrogen-bond donors (Lipinski definition) is 2. The highest BCUT2D eigenvalue weighted by Gasteiger charge is 2.35. The van der Waals surface area contributed by atoms with Crippen LogP contribution >= 0.6 is 11.8 Å². The van der Waals surface area contributed by atoms with Crippen molar-refractivity contribution in [2.75, 3.05) is 25.1 Å². The van der Waals surface area contributed by atoms with Gasteiger partial charge in [-0.05, 0) is 35.8 Å². The molecular weight excluding hydrogens is 322 g/mol. The van der Waals surface area contributed by atoms with Crippen LogP contribution in [0.5, 0.6) is 0 Å². The Morgan fingerprint density at radius 1 is 1.29 bits per heavy atom. The Hall–Kier alpha value is -1.53. The number of hydrogen-bond acceptors (Lipinski definition) is 4. The number of thioether (sulfide) groups is 1. The molecule has 0 bridgehead atoms. The first-order valence-corrected chi connectivity index (χ1v) is 9.69. The largest absolute Gasteiger partial charge is 0.366 e. The molecule has 3 N–H and O–H groups in total. The van der Waals surface area contributed by atoms with Gasteiger partial charge in [-0.25, -0.2) is 0 Å². The summed E-state index contributed by atoms with van der Waals surface area (Å²) in [5, 5.41) is 3.19. The van der Waals surface area contributed by atoms with Crippen molar-refractivity contribution in [2.45, 2.75) is 26.4 Å². The van der Waals surface area contributed by atoms with E-state index in [1.54, 1.807) is 23.9 Å². The van der Waals surface area contributed by atoms with Gasteiger partial charge in [0.15, 0.2) is 0 Å². The van der Waals surface area contributed by atoms with Crippen molar-refractivity contribution in [3.05, 3.63) is 35.4 Å². The molecule has 0 radical (unpaired) electrons. The number of benzene rings is 1. The maximum absolute atomic E-state index is 11.9. The number of likely N-dealkylation sites (tertiary alicyclic amines) is 1. The van der Waals surface area contributed by atoms with E-state index in [4.69, 9.17) is 5.73 Å².